The summed E-state index contributed by atoms with van der Waals surface area (Å²) in [6, 6.07) is 16.7. The van der Waals surface area contributed by atoms with Crippen LogP contribution in [0.1, 0.15) is 126 Å². The highest BCUT2D eigenvalue weighted by Crippen LogP contribution is 2.78. The van der Waals surface area contributed by atoms with E-state index in [2.05, 4.69) is 50.2 Å². The minimum atomic E-state index is -4.31. The molecule has 1 atom stereocenters. The van der Waals surface area contributed by atoms with Crippen molar-refractivity contribution in [2.45, 2.75) is 122 Å². The Morgan fingerprint density at radius 3 is 1.45 bits per heavy atom. The first-order valence-corrected chi connectivity index (χ1v) is 20.0. The molecule has 6 fully saturated rings. The predicted molar refractivity (Wildman–Crippen MR) is 175 cm³/mol. The number of benzene rings is 2. The summed E-state index contributed by atoms with van der Waals surface area (Å²) in [5.41, 5.74) is 2.03. The third-order valence-corrected chi connectivity index (χ3v) is 13.0. The summed E-state index contributed by atoms with van der Waals surface area (Å²) >= 11 is 0. The van der Waals surface area contributed by atoms with Gasteiger partial charge < -0.3 is 0 Å². The molecule has 0 amide bonds. The van der Waals surface area contributed by atoms with Crippen LogP contribution in [0.15, 0.2) is 48.5 Å². The molecule has 1 unspecified atom stereocenters. The molecular weight excluding hydrogens is 594 g/mol. The van der Waals surface area contributed by atoms with Gasteiger partial charge in [0.25, 0.3) is 0 Å². The van der Waals surface area contributed by atoms with Gasteiger partial charge in [0.2, 0.25) is 0 Å². The highest BCUT2D eigenvalue weighted by Gasteiger charge is 2.70. The van der Waals surface area contributed by atoms with E-state index in [1.807, 2.05) is 12.1 Å². The lowest BCUT2D eigenvalue weighted by atomic mass is 9.63. The lowest BCUT2D eigenvalue weighted by Crippen LogP contribution is -2.61. The maximum absolute atomic E-state index is 14.2. The van der Waals surface area contributed by atoms with Gasteiger partial charge in [-0.15, -0.1) is 0 Å². The standard InChI is InChI=1S/C35H52O7P2/c1-3-5-7-9-11-13-15-21-30-23-17-19-25-32(30)35(33-26-20-18-24-31(33)22-16-14-12-10-8-6-4-2)34-27-38-43(36,39-28-34)42-44(37,41-35)40-29-34/h17-20,23-26H,3-16,21-22,27-29H2,1-2H3. The summed E-state index contributed by atoms with van der Waals surface area (Å²) in [4.78, 5) is 0. The lowest BCUT2D eigenvalue weighted by molar-refractivity contribution is -0.189. The van der Waals surface area contributed by atoms with Crippen LogP contribution in [-0.4, -0.2) is 19.8 Å². The molecule has 1 spiro atoms. The van der Waals surface area contributed by atoms with Crippen LogP contribution in [-0.2, 0) is 50.0 Å². The van der Waals surface area contributed by atoms with Gasteiger partial charge in [0, 0.05) is 0 Å². The minimum Gasteiger partial charge on any atom is -0.286 e. The molecular formula is C35H52O7P2. The third kappa shape index (κ3) is 7.46. The van der Waals surface area contributed by atoms with Gasteiger partial charge in [-0.2, -0.15) is 4.31 Å². The van der Waals surface area contributed by atoms with Crippen LogP contribution in [0.3, 0.4) is 0 Å². The normalized spacial score (nSPS) is 27.3. The first-order valence-electron chi connectivity index (χ1n) is 17.1. The van der Waals surface area contributed by atoms with E-state index in [-0.39, 0.29) is 19.8 Å². The molecule has 0 N–H and O–H groups in total. The summed E-state index contributed by atoms with van der Waals surface area (Å²) in [5, 5.41) is 0. The van der Waals surface area contributed by atoms with E-state index in [1.165, 1.54) is 64.2 Å². The van der Waals surface area contributed by atoms with Gasteiger partial charge >= 0.3 is 15.6 Å². The first-order chi connectivity index (χ1) is 21.4. The van der Waals surface area contributed by atoms with Crippen molar-refractivity contribution in [2.24, 2.45) is 5.41 Å². The molecule has 44 heavy (non-hydrogen) atoms. The average Bonchev–Trinajstić information content (AvgIpc) is 3.02. The largest absolute Gasteiger partial charge is 0.484 e. The Hall–Kier alpha value is -1.30. The van der Waals surface area contributed by atoms with E-state index in [0.29, 0.717) is 0 Å². The van der Waals surface area contributed by atoms with Gasteiger partial charge in [0.05, 0.1) is 25.2 Å². The zero-order valence-corrected chi connectivity index (χ0v) is 28.6. The van der Waals surface area contributed by atoms with Gasteiger partial charge in [-0.1, -0.05) is 139 Å². The molecule has 6 saturated heterocycles. The SMILES string of the molecule is CCCCCCCCCc1ccccc1C1(c2ccccc2CCCCCCCCC)OP2(=O)OCC13COP(=O)(OC3)O2. The molecule has 244 valence electrons. The van der Waals surface area contributed by atoms with E-state index < -0.39 is 26.7 Å². The van der Waals surface area contributed by atoms with Crippen LogP contribution in [0.4, 0.5) is 0 Å². The molecule has 0 radical (unpaired) electrons. The van der Waals surface area contributed by atoms with Gasteiger partial charge in [-0.25, -0.2) is 9.13 Å². The van der Waals surface area contributed by atoms with Crippen molar-refractivity contribution < 1.29 is 31.5 Å². The van der Waals surface area contributed by atoms with Crippen LogP contribution in [0.25, 0.3) is 0 Å². The highest BCUT2D eigenvalue weighted by atomic mass is 31.3. The van der Waals surface area contributed by atoms with Crippen molar-refractivity contribution in [2.75, 3.05) is 19.8 Å². The van der Waals surface area contributed by atoms with Gasteiger partial charge in [-0.3, -0.25) is 18.1 Å². The molecule has 3 bridgehead atoms. The van der Waals surface area contributed by atoms with Crippen LogP contribution in [0.5, 0.6) is 0 Å². The molecule has 0 aromatic heterocycles. The van der Waals surface area contributed by atoms with E-state index in [9.17, 15) is 9.13 Å². The number of aryl methyl sites for hydroxylation is 2. The Morgan fingerprint density at radius 1 is 0.568 bits per heavy atom. The van der Waals surface area contributed by atoms with E-state index in [0.717, 1.165) is 60.8 Å². The smallest absolute Gasteiger partial charge is 0.286 e. The van der Waals surface area contributed by atoms with Gasteiger partial charge in [0.15, 0.2) is 0 Å². The van der Waals surface area contributed by atoms with Crippen LogP contribution in [0.2, 0.25) is 0 Å². The Labute approximate surface area is 265 Å². The topological polar surface area (TPSA) is 80.3 Å². The van der Waals surface area contributed by atoms with Crippen molar-refractivity contribution in [1.82, 2.24) is 0 Å². The number of phosphoric ester groups is 2. The maximum Gasteiger partial charge on any atom is 0.484 e. The van der Waals surface area contributed by atoms with Crippen molar-refractivity contribution >= 4 is 15.6 Å². The molecule has 8 rings (SSSR count). The molecule has 6 heterocycles. The summed E-state index contributed by atoms with van der Waals surface area (Å²) < 4.78 is 57.0. The Morgan fingerprint density at radius 2 is 0.977 bits per heavy atom. The van der Waals surface area contributed by atoms with Crippen molar-refractivity contribution in [3.8, 4) is 0 Å². The van der Waals surface area contributed by atoms with Crippen molar-refractivity contribution in [1.29, 1.82) is 0 Å². The second-order valence-corrected chi connectivity index (χ2v) is 16.3. The molecule has 9 heteroatoms. The third-order valence-electron chi connectivity index (χ3n) is 9.59. The molecule has 2 aromatic carbocycles. The zero-order valence-electron chi connectivity index (χ0n) is 26.8. The Balaban J connectivity index is 1.50. The van der Waals surface area contributed by atoms with E-state index in [4.69, 9.17) is 22.4 Å². The number of hydrogen-bond acceptors (Lipinski definition) is 7. The second kappa shape index (κ2) is 15.5. The number of unbranched alkanes of at least 4 members (excludes halogenated alkanes) is 12. The zero-order chi connectivity index (χ0) is 30.9. The Kier molecular flexibility index (Phi) is 12.0. The summed E-state index contributed by atoms with van der Waals surface area (Å²) in [6.07, 6.45) is 18.8. The van der Waals surface area contributed by atoms with Gasteiger partial charge in [-0.05, 0) is 47.9 Å². The molecule has 6 aliphatic rings. The van der Waals surface area contributed by atoms with Crippen molar-refractivity contribution in [3.63, 3.8) is 0 Å². The number of rotatable bonds is 18. The number of phosphoric acid groups is 2. The average molecular weight is 647 g/mol. The summed E-state index contributed by atoms with van der Waals surface area (Å²) in [7, 11) is -8.37. The lowest BCUT2D eigenvalue weighted by Gasteiger charge is -2.58. The van der Waals surface area contributed by atoms with Crippen LogP contribution >= 0.6 is 15.6 Å². The molecule has 0 aliphatic carbocycles. The molecule has 2 aromatic rings. The summed E-state index contributed by atoms with van der Waals surface area (Å²) in [6.45, 7) is 4.62. The fourth-order valence-corrected chi connectivity index (χ4v) is 10.8. The molecule has 7 nitrogen and oxygen atoms in total. The van der Waals surface area contributed by atoms with Crippen LogP contribution < -0.4 is 0 Å². The first kappa shape index (κ1) is 34.0. The molecule has 0 saturated carbocycles. The van der Waals surface area contributed by atoms with E-state index in [1.54, 1.807) is 0 Å². The van der Waals surface area contributed by atoms with Gasteiger partial charge in [0.1, 0.15) is 5.60 Å². The molecule has 6 aliphatic heterocycles. The second-order valence-electron chi connectivity index (χ2n) is 12.9. The van der Waals surface area contributed by atoms with Crippen LogP contribution in [0, 0.1) is 5.41 Å². The van der Waals surface area contributed by atoms with E-state index >= 15 is 0 Å². The predicted octanol–water partition coefficient (Wildman–Crippen LogP) is 10.8. The fraction of sp³-hybridized carbons (Fsp3) is 0.657. The minimum absolute atomic E-state index is 0.0435. The Bertz CT molecular complexity index is 1230. The number of hydrogen-bond donors (Lipinski definition) is 0. The monoisotopic (exact) mass is 646 g/mol. The quantitative estimate of drug-likeness (QED) is 0.118. The maximum atomic E-state index is 14.2. The summed E-state index contributed by atoms with van der Waals surface area (Å²) in [5.74, 6) is 0. The van der Waals surface area contributed by atoms with Crippen molar-refractivity contribution in [3.05, 3.63) is 70.8 Å². The highest BCUT2D eigenvalue weighted by molar-refractivity contribution is 7.62. The fourth-order valence-electron chi connectivity index (χ4n) is 7.10.